The molecule has 0 heterocycles. The fourth-order valence-electron chi connectivity index (χ4n) is 11.0. The van der Waals surface area contributed by atoms with Gasteiger partial charge in [0.2, 0.25) is 0 Å². The van der Waals surface area contributed by atoms with E-state index >= 15 is 0 Å². The fraction of sp³-hybridized carbons (Fsp3) is 0.853. The van der Waals surface area contributed by atoms with Gasteiger partial charge in [-0.05, 0) is 57.8 Å². The van der Waals surface area contributed by atoms with Crippen molar-refractivity contribution in [1.82, 2.24) is 0 Å². The lowest BCUT2D eigenvalue weighted by Gasteiger charge is -2.18. The SMILES string of the molecule is CC/C=C\C/C=C\C/C=C\C/C=C\CCCCCCCCCCCCCCCCCCCCC(=O)OCC(COC(=O)CCCCCCCCCCCCCCCCCC)OC(=O)CCCCCCCCCCCCCCCCCC. The number of esters is 3. The normalized spacial score (nSPS) is 12.3. The van der Waals surface area contributed by atoms with E-state index in [0.717, 1.165) is 83.5 Å². The summed E-state index contributed by atoms with van der Waals surface area (Å²) in [4.78, 5) is 38.4. The van der Waals surface area contributed by atoms with Crippen molar-refractivity contribution in [2.45, 2.75) is 399 Å². The van der Waals surface area contributed by atoms with Crippen LogP contribution >= 0.6 is 0 Å². The van der Waals surface area contributed by atoms with E-state index in [-0.39, 0.29) is 31.1 Å². The molecule has 0 radical (unpaired) electrons. The Kier molecular flexibility index (Phi) is 67.6. The molecule has 1 unspecified atom stereocenters. The molecule has 0 fully saturated rings. The summed E-state index contributed by atoms with van der Waals surface area (Å²) in [5.74, 6) is -0.831. The van der Waals surface area contributed by atoms with Gasteiger partial charge >= 0.3 is 17.9 Å². The summed E-state index contributed by atoms with van der Waals surface area (Å²) in [6, 6.07) is 0. The Balaban J connectivity index is 4.17. The summed E-state index contributed by atoms with van der Waals surface area (Å²) in [6.45, 7) is 6.61. The second kappa shape index (κ2) is 69.9. The summed E-state index contributed by atoms with van der Waals surface area (Å²) in [6.07, 6.45) is 88.6. The van der Waals surface area contributed by atoms with E-state index in [1.54, 1.807) is 0 Å². The number of carbonyl (C=O) groups excluding carboxylic acids is 3. The molecule has 1 atom stereocenters. The maximum Gasteiger partial charge on any atom is 0.306 e. The first-order chi connectivity index (χ1) is 40.0. The topological polar surface area (TPSA) is 78.9 Å². The lowest BCUT2D eigenvalue weighted by molar-refractivity contribution is -0.167. The Morgan fingerprint density at radius 1 is 0.259 bits per heavy atom. The summed E-state index contributed by atoms with van der Waals surface area (Å²) < 4.78 is 17.0. The van der Waals surface area contributed by atoms with Crippen LogP contribution in [-0.4, -0.2) is 37.2 Å². The minimum Gasteiger partial charge on any atom is -0.462 e. The van der Waals surface area contributed by atoms with Crippen LogP contribution in [-0.2, 0) is 28.6 Å². The van der Waals surface area contributed by atoms with Crippen molar-refractivity contribution in [2.24, 2.45) is 0 Å². The number of unbranched alkanes of at least 4 members (excludes halogenated alkanes) is 48. The van der Waals surface area contributed by atoms with Crippen molar-refractivity contribution in [3.05, 3.63) is 48.6 Å². The molecule has 0 saturated heterocycles. The molecule has 6 heteroatoms. The number of hydrogen-bond acceptors (Lipinski definition) is 6. The molecular formula is C75H138O6. The van der Waals surface area contributed by atoms with Gasteiger partial charge in [-0.1, -0.05) is 365 Å². The molecule has 81 heavy (non-hydrogen) atoms. The van der Waals surface area contributed by atoms with Gasteiger partial charge in [-0.2, -0.15) is 0 Å². The van der Waals surface area contributed by atoms with Crippen molar-refractivity contribution >= 4 is 17.9 Å². The number of rotatable bonds is 67. The molecule has 474 valence electrons. The molecule has 0 bridgehead atoms. The molecule has 0 rings (SSSR count). The molecule has 0 aliphatic rings. The van der Waals surface area contributed by atoms with Crippen LogP contribution < -0.4 is 0 Å². The van der Waals surface area contributed by atoms with Gasteiger partial charge in [0, 0.05) is 19.3 Å². The van der Waals surface area contributed by atoms with Crippen molar-refractivity contribution in [3.8, 4) is 0 Å². The molecule has 0 N–H and O–H groups in total. The van der Waals surface area contributed by atoms with Gasteiger partial charge in [-0.3, -0.25) is 14.4 Å². The Bertz CT molecular complexity index is 1400. The number of carbonyl (C=O) groups is 3. The van der Waals surface area contributed by atoms with Gasteiger partial charge in [0.25, 0.3) is 0 Å². The van der Waals surface area contributed by atoms with E-state index in [1.165, 1.54) is 270 Å². The predicted molar refractivity (Wildman–Crippen MR) is 353 cm³/mol. The van der Waals surface area contributed by atoms with E-state index in [4.69, 9.17) is 14.2 Å². The number of hydrogen-bond donors (Lipinski definition) is 0. The van der Waals surface area contributed by atoms with Gasteiger partial charge in [0.15, 0.2) is 6.10 Å². The molecule has 0 aliphatic carbocycles. The van der Waals surface area contributed by atoms with Crippen LogP contribution in [0.3, 0.4) is 0 Å². The average Bonchev–Trinajstić information content (AvgIpc) is 3.47. The molecular weight excluding hydrogens is 997 g/mol. The Hall–Kier alpha value is -2.63. The highest BCUT2D eigenvalue weighted by Gasteiger charge is 2.19. The highest BCUT2D eigenvalue weighted by Crippen LogP contribution is 2.19. The summed E-state index contributed by atoms with van der Waals surface area (Å²) >= 11 is 0. The van der Waals surface area contributed by atoms with Crippen LogP contribution in [0, 0.1) is 0 Å². The number of allylic oxidation sites excluding steroid dienone is 8. The van der Waals surface area contributed by atoms with Gasteiger partial charge in [0.05, 0.1) is 0 Å². The van der Waals surface area contributed by atoms with Gasteiger partial charge in [-0.25, -0.2) is 0 Å². The highest BCUT2D eigenvalue weighted by atomic mass is 16.6. The van der Waals surface area contributed by atoms with E-state index in [2.05, 4.69) is 69.4 Å². The molecule has 0 aromatic heterocycles. The molecule has 0 saturated carbocycles. The average molecular weight is 1140 g/mol. The zero-order valence-corrected chi connectivity index (χ0v) is 54.6. The maximum atomic E-state index is 12.9. The third-order valence-electron chi connectivity index (χ3n) is 16.3. The summed E-state index contributed by atoms with van der Waals surface area (Å²) in [5, 5.41) is 0. The van der Waals surface area contributed by atoms with Crippen LogP contribution in [0.4, 0.5) is 0 Å². The third-order valence-corrected chi connectivity index (χ3v) is 16.3. The minimum absolute atomic E-state index is 0.0645. The fourth-order valence-corrected chi connectivity index (χ4v) is 11.0. The second-order valence-electron chi connectivity index (χ2n) is 24.5. The van der Waals surface area contributed by atoms with E-state index in [9.17, 15) is 14.4 Å². The van der Waals surface area contributed by atoms with Crippen LogP contribution in [0.1, 0.15) is 393 Å². The first-order valence-electron chi connectivity index (χ1n) is 36.1. The smallest absolute Gasteiger partial charge is 0.306 e. The van der Waals surface area contributed by atoms with Crippen LogP contribution in [0.5, 0.6) is 0 Å². The lowest BCUT2D eigenvalue weighted by Crippen LogP contribution is -2.30. The van der Waals surface area contributed by atoms with Crippen LogP contribution in [0.15, 0.2) is 48.6 Å². The Morgan fingerprint density at radius 3 is 0.753 bits per heavy atom. The van der Waals surface area contributed by atoms with Crippen LogP contribution in [0.2, 0.25) is 0 Å². The maximum absolute atomic E-state index is 12.9. The molecule has 6 nitrogen and oxygen atoms in total. The zero-order chi connectivity index (χ0) is 58.5. The monoisotopic (exact) mass is 1140 g/mol. The van der Waals surface area contributed by atoms with Gasteiger partial charge < -0.3 is 14.2 Å². The van der Waals surface area contributed by atoms with Gasteiger partial charge in [0.1, 0.15) is 13.2 Å². The van der Waals surface area contributed by atoms with Gasteiger partial charge in [-0.15, -0.1) is 0 Å². The molecule has 0 amide bonds. The highest BCUT2D eigenvalue weighted by molar-refractivity contribution is 5.71. The Morgan fingerprint density at radius 2 is 0.481 bits per heavy atom. The molecule has 0 spiro atoms. The van der Waals surface area contributed by atoms with Crippen molar-refractivity contribution in [2.75, 3.05) is 13.2 Å². The Labute approximate surface area is 505 Å². The van der Waals surface area contributed by atoms with Crippen molar-refractivity contribution < 1.29 is 28.6 Å². The van der Waals surface area contributed by atoms with Crippen LogP contribution in [0.25, 0.3) is 0 Å². The second-order valence-corrected chi connectivity index (χ2v) is 24.5. The largest absolute Gasteiger partial charge is 0.462 e. The number of ether oxygens (including phenoxy) is 3. The minimum atomic E-state index is -0.768. The predicted octanol–water partition coefficient (Wildman–Crippen LogP) is 24.9. The first kappa shape index (κ1) is 78.4. The van der Waals surface area contributed by atoms with Crippen molar-refractivity contribution in [3.63, 3.8) is 0 Å². The summed E-state index contributed by atoms with van der Waals surface area (Å²) in [5.41, 5.74) is 0. The third kappa shape index (κ3) is 68.0. The van der Waals surface area contributed by atoms with E-state index in [1.807, 2.05) is 0 Å². The molecule has 0 aromatic carbocycles. The molecule has 0 aromatic rings. The molecule has 0 aliphatic heterocycles. The zero-order valence-electron chi connectivity index (χ0n) is 54.6. The standard InChI is InChI=1S/C75H138O6/c1-4-7-10-13-16-19-22-25-28-31-32-33-34-35-36-37-38-39-40-41-42-43-44-45-48-50-53-56-59-62-65-68-74(77)80-71-72(81-75(78)69-66-63-60-57-54-51-47-30-27-24-21-18-15-12-9-6-3)70-79-73(76)67-64-61-58-55-52-49-46-29-26-23-20-17-14-11-8-5-2/h7,10,16,19,25,28,32-33,72H,4-6,8-9,11-15,17-18,20-24,26-27,29-31,34-71H2,1-3H3/b10-7-,19-16-,28-25-,33-32-. The first-order valence-corrected chi connectivity index (χ1v) is 36.1. The quantitative estimate of drug-likeness (QED) is 0.0261. The van der Waals surface area contributed by atoms with E-state index < -0.39 is 6.10 Å². The van der Waals surface area contributed by atoms with E-state index in [0.29, 0.717) is 19.3 Å². The summed E-state index contributed by atoms with van der Waals surface area (Å²) in [7, 11) is 0. The lowest BCUT2D eigenvalue weighted by atomic mass is 10.0. The van der Waals surface area contributed by atoms with Crippen molar-refractivity contribution in [1.29, 1.82) is 0 Å².